The number of ketones is 1. The zero-order valence-electron chi connectivity index (χ0n) is 22.6. The van der Waals surface area contributed by atoms with E-state index in [0.29, 0.717) is 37.3 Å². The van der Waals surface area contributed by atoms with Crippen LogP contribution >= 0.6 is 0 Å². The monoisotopic (exact) mass is 513 g/mol. The molecule has 9 nitrogen and oxygen atoms in total. The number of carbonyl (C=O) groups excluding carboxylic acids is 5. The summed E-state index contributed by atoms with van der Waals surface area (Å²) < 4.78 is 5.34. The first-order valence-corrected chi connectivity index (χ1v) is 13.0. The molecule has 0 bridgehead atoms. The molecule has 1 spiro atoms. The van der Waals surface area contributed by atoms with Crippen molar-refractivity contribution in [2.75, 3.05) is 26.2 Å². The van der Waals surface area contributed by atoms with Crippen molar-refractivity contribution >= 4 is 29.5 Å². The second kappa shape index (κ2) is 11.4. The van der Waals surface area contributed by atoms with Gasteiger partial charge in [0, 0.05) is 50.7 Å². The molecule has 1 N–H and O–H groups in total. The molecule has 0 radical (unpaired) electrons. The Labute approximate surface area is 218 Å². The maximum Gasteiger partial charge on any atom is 0.306 e. The van der Waals surface area contributed by atoms with E-state index >= 15 is 0 Å². The normalized spacial score (nSPS) is 17.9. The number of Topliss-reactive ketones (excluding diaryl/α,β-unsaturated/α-hetero) is 1. The third-order valence-electron chi connectivity index (χ3n) is 7.13. The lowest BCUT2D eigenvalue weighted by Gasteiger charge is -2.39. The number of nitrogens with zero attached hydrogens (tertiary/aromatic N) is 2. The van der Waals surface area contributed by atoms with Crippen LogP contribution in [0.1, 0.15) is 87.4 Å². The van der Waals surface area contributed by atoms with E-state index in [1.54, 1.807) is 49.9 Å². The van der Waals surface area contributed by atoms with Gasteiger partial charge in [0.1, 0.15) is 11.6 Å². The highest BCUT2D eigenvalue weighted by atomic mass is 16.6. The first-order chi connectivity index (χ1) is 17.3. The van der Waals surface area contributed by atoms with Gasteiger partial charge in [0.25, 0.3) is 5.91 Å². The molecule has 0 aliphatic carbocycles. The average Bonchev–Trinajstić information content (AvgIpc) is 3.23. The molecule has 1 aromatic carbocycles. The average molecular weight is 514 g/mol. The molecule has 2 aliphatic heterocycles. The number of benzene rings is 1. The van der Waals surface area contributed by atoms with Crippen LogP contribution in [-0.4, -0.2) is 77.1 Å². The van der Waals surface area contributed by atoms with Gasteiger partial charge < -0.3 is 19.9 Å². The number of hydrogen-bond donors (Lipinski definition) is 1. The molecule has 2 heterocycles. The molecule has 1 aromatic rings. The molecule has 9 heteroatoms. The molecule has 0 aromatic heterocycles. The number of carbonyl (C=O) groups is 5. The minimum Gasteiger partial charge on any atom is -0.460 e. The Morgan fingerprint density at radius 3 is 1.97 bits per heavy atom. The van der Waals surface area contributed by atoms with Gasteiger partial charge in [-0.3, -0.25) is 24.0 Å². The molecule has 2 fully saturated rings. The second-order valence-corrected chi connectivity index (χ2v) is 11.3. The number of esters is 1. The number of ether oxygens (including phenoxy) is 1. The van der Waals surface area contributed by atoms with Gasteiger partial charge in [-0.2, -0.15) is 0 Å². The number of piperidine rings is 1. The highest BCUT2D eigenvalue weighted by Gasteiger charge is 2.44. The van der Waals surface area contributed by atoms with Gasteiger partial charge >= 0.3 is 5.97 Å². The van der Waals surface area contributed by atoms with E-state index in [9.17, 15) is 24.0 Å². The van der Waals surface area contributed by atoms with Gasteiger partial charge in [0.05, 0.1) is 0 Å². The van der Waals surface area contributed by atoms with Crippen molar-refractivity contribution in [1.82, 2.24) is 15.1 Å². The quantitative estimate of drug-likeness (QED) is 0.443. The van der Waals surface area contributed by atoms with Gasteiger partial charge in [-0.15, -0.1) is 0 Å². The summed E-state index contributed by atoms with van der Waals surface area (Å²) in [4.78, 5) is 65.3. The summed E-state index contributed by atoms with van der Waals surface area (Å²) in [7, 11) is 0. The van der Waals surface area contributed by atoms with E-state index in [0.717, 1.165) is 19.3 Å². The van der Waals surface area contributed by atoms with Crippen LogP contribution in [0.25, 0.3) is 0 Å². The van der Waals surface area contributed by atoms with Crippen LogP contribution in [-0.2, 0) is 19.1 Å². The van der Waals surface area contributed by atoms with Crippen LogP contribution in [0.3, 0.4) is 0 Å². The zero-order valence-corrected chi connectivity index (χ0v) is 22.6. The highest BCUT2D eigenvalue weighted by molar-refractivity contribution is 5.97. The topological polar surface area (TPSA) is 113 Å². The molecule has 2 aliphatic rings. The Hall–Kier alpha value is -3.23. The Morgan fingerprint density at radius 1 is 0.919 bits per heavy atom. The number of hydrogen-bond acceptors (Lipinski definition) is 6. The van der Waals surface area contributed by atoms with Gasteiger partial charge in [0.15, 0.2) is 5.78 Å². The Bertz CT molecular complexity index is 1030. The van der Waals surface area contributed by atoms with Crippen molar-refractivity contribution in [1.29, 1.82) is 0 Å². The van der Waals surface area contributed by atoms with Crippen LogP contribution < -0.4 is 5.32 Å². The van der Waals surface area contributed by atoms with Crippen molar-refractivity contribution in [3.8, 4) is 0 Å². The molecule has 3 amide bonds. The molecule has 37 heavy (non-hydrogen) atoms. The van der Waals surface area contributed by atoms with Crippen molar-refractivity contribution < 1.29 is 28.7 Å². The lowest BCUT2D eigenvalue weighted by atomic mass is 9.77. The Morgan fingerprint density at radius 2 is 1.46 bits per heavy atom. The predicted molar refractivity (Wildman–Crippen MR) is 138 cm³/mol. The predicted octanol–water partition coefficient (Wildman–Crippen LogP) is 2.97. The van der Waals surface area contributed by atoms with E-state index in [2.05, 4.69) is 5.32 Å². The third-order valence-corrected chi connectivity index (χ3v) is 7.13. The van der Waals surface area contributed by atoms with Crippen LogP contribution in [0.4, 0.5) is 0 Å². The van der Waals surface area contributed by atoms with Crippen molar-refractivity contribution in [2.24, 2.45) is 5.41 Å². The summed E-state index contributed by atoms with van der Waals surface area (Å²) in [6.07, 6.45) is 2.64. The minimum absolute atomic E-state index is 0.0372. The smallest absolute Gasteiger partial charge is 0.306 e. The summed E-state index contributed by atoms with van der Waals surface area (Å²) >= 11 is 0. The van der Waals surface area contributed by atoms with Crippen molar-refractivity contribution in [2.45, 2.75) is 78.4 Å². The summed E-state index contributed by atoms with van der Waals surface area (Å²) in [5.74, 6) is -0.991. The highest BCUT2D eigenvalue weighted by Crippen LogP contribution is 2.41. The maximum absolute atomic E-state index is 13.3. The molecule has 0 unspecified atom stereocenters. The Balaban J connectivity index is 1.56. The fourth-order valence-electron chi connectivity index (χ4n) is 5.12. The number of amides is 3. The summed E-state index contributed by atoms with van der Waals surface area (Å²) in [5, 5.41) is 2.71. The first kappa shape index (κ1) is 28.3. The molecule has 0 saturated carbocycles. The molecule has 202 valence electrons. The summed E-state index contributed by atoms with van der Waals surface area (Å²) in [6, 6.07) is 5.96. The van der Waals surface area contributed by atoms with Gasteiger partial charge in [0.2, 0.25) is 11.8 Å². The number of likely N-dealkylation sites (tertiary alicyclic amines) is 2. The van der Waals surface area contributed by atoms with E-state index in [-0.39, 0.29) is 41.8 Å². The van der Waals surface area contributed by atoms with Gasteiger partial charge in [-0.25, -0.2) is 0 Å². The van der Waals surface area contributed by atoms with E-state index < -0.39 is 17.6 Å². The minimum atomic E-state index is -0.778. The lowest BCUT2D eigenvalue weighted by Crippen LogP contribution is -2.49. The summed E-state index contributed by atoms with van der Waals surface area (Å²) in [5.41, 5.74) is 0.470. The first-order valence-electron chi connectivity index (χ1n) is 13.0. The van der Waals surface area contributed by atoms with Crippen molar-refractivity contribution in [3.63, 3.8) is 0 Å². The Kier molecular flexibility index (Phi) is 8.76. The molecule has 3 rings (SSSR count). The number of nitrogens with one attached hydrogen (secondary N) is 1. The van der Waals surface area contributed by atoms with Crippen LogP contribution in [0.5, 0.6) is 0 Å². The fraction of sp³-hybridized carbons (Fsp3) is 0.607. The number of rotatable bonds is 7. The van der Waals surface area contributed by atoms with Crippen LogP contribution in [0, 0.1) is 5.41 Å². The summed E-state index contributed by atoms with van der Waals surface area (Å²) in [6.45, 7) is 10.6. The van der Waals surface area contributed by atoms with Crippen molar-refractivity contribution in [3.05, 3.63) is 35.4 Å². The largest absolute Gasteiger partial charge is 0.460 e. The lowest BCUT2D eigenvalue weighted by molar-refractivity contribution is -0.155. The SMILES string of the molecule is CC(=O)N[C@@H](CCC(=O)OC(C)(C)C)C(=O)N1CCC2(CCN(C(=O)c3ccc(C(C)=O)cc3)CC2)C1. The van der Waals surface area contributed by atoms with Crippen LogP contribution in [0.2, 0.25) is 0 Å². The van der Waals surface area contributed by atoms with Gasteiger partial charge in [-0.05, 0) is 70.9 Å². The second-order valence-electron chi connectivity index (χ2n) is 11.3. The molecular formula is C28H39N3O6. The van der Waals surface area contributed by atoms with Gasteiger partial charge in [-0.1, -0.05) is 12.1 Å². The molecule has 1 atom stereocenters. The van der Waals surface area contributed by atoms with E-state index in [1.807, 2.05) is 4.90 Å². The molecule has 2 saturated heterocycles. The standard InChI is InChI=1S/C28H39N3O6/c1-19(32)21-6-8-22(9-7-21)25(35)30-15-12-28(13-16-30)14-17-31(18-28)26(36)23(29-20(2)33)10-11-24(34)37-27(3,4)5/h6-9,23H,10-18H2,1-5H3,(H,29,33)/t23-/m0/s1. The molecular weight excluding hydrogens is 474 g/mol. The zero-order chi connectivity index (χ0) is 27.4. The van der Waals surface area contributed by atoms with E-state index in [1.165, 1.54) is 13.8 Å². The van der Waals surface area contributed by atoms with Crippen LogP contribution in [0.15, 0.2) is 24.3 Å². The maximum atomic E-state index is 13.3. The van der Waals surface area contributed by atoms with E-state index in [4.69, 9.17) is 4.74 Å². The third kappa shape index (κ3) is 7.63. The fourth-order valence-corrected chi connectivity index (χ4v) is 5.12.